The third kappa shape index (κ3) is 2.42. The average molecular weight is 225 g/mol. The highest BCUT2D eigenvalue weighted by atomic mass is 16.5. The Bertz CT molecular complexity index is 406. The third-order valence-corrected chi connectivity index (χ3v) is 2.23. The molecule has 1 N–H and O–H groups in total. The van der Waals surface area contributed by atoms with Crippen molar-refractivity contribution in [2.45, 2.75) is 26.3 Å². The lowest BCUT2D eigenvalue weighted by Gasteiger charge is -2.22. The van der Waals surface area contributed by atoms with Crippen LogP contribution in [0.1, 0.15) is 30.0 Å². The summed E-state index contributed by atoms with van der Waals surface area (Å²) in [4.78, 5) is 23.1. The normalized spacial score (nSPS) is 11.0. The summed E-state index contributed by atoms with van der Waals surface area (Å²) in [6.07, 6.45) is 1.43. The predicted molar refractivity (Wildman–Crippen MR) is 57.0 cm³/mol. The van der Waals surface area contributed by atoms with Crippen molar-refractivity contribution in [3.8, 4) is 0 Å². The van der Waals surface area contributed by atoms with Crippen LogP contribution in [0.25, 0.3) is 0 Å². The topological polar surface area (TPSA) is 68.5 Å². The number of methoxy groups -OCH3 is 1. The molecule has 0 saturated heterocycles. The van der Waals surface area contributed by atoms with Gasteiger partial charge in [-0.05, 0) is 26.8 Å². The zero-order valence-electron chi connectivity index (χ0n) is 9.79. The molecule has 0 atom stereocenters. The quantitative estimate of drug-likeness (QED) is 0.786. The van der Waals surface area contributed by atoms with Crippen molar-refractivity contribution < 1.29 is 18.7 Å². The van der Waals surface area contributed by atoms with Crippen molar-refractivity contribution in [2.24, 2.45) is 0 Å². The smallest absolute Gasteiger partial charge is 0.330 e. The number of carbonyl (C=O) groups excluding carboxylic acids is 2. The number of hydrogen-bond acceptors (Lipinski definition) is 4. The number of aryl methyl sites for hydroxylation is 1. The van der Waals surface area contributed by atoms with Gasteiger partial charge in [-0.3, -0.25) is 4.79 Å². The number of rotatable bonds is 3. The number of ether oxygens (including phenoxy) is 1. The first kappa shape index (κ1) is 12.3. The fourth-order valence-electron chi connectivity index (χ4n) is 1.28. The summed E-state index contributed by atoms with van der Waals surface area (Å²) in [7, 11) is 1.28. The predicted octanol–water partition coefficient (Wildman–Crippen LogP) is 1.27. The van der Waals surface area contributed by atoms with E-state index in [1.54, 1.807) is 26.8 Å². The molecule has 0 fully saturated rings. The largest absolute Gasteiger partial charge is 0.469 e. The summed E-state index contributed by atoms with van der Waals surface area (Å²) < 4.78 is 9.60. The van der Waals surface area contributed by atoms with Crippen LogP contribution in [0.5, 0.6) is 0 Å². The Labute approximate surface area is 93.8 Å². The second-order valence-electron chi connectivity index (χ2n) is 3.96. The van der Waals surface area contributed by atoms with Crippen molar-refractivity contribution >= 4 is 11.9 Å². The SMILES string of the molecule is COC(=O)C(C)(C)NC(=O)c1ccoc1C. The Morgan fingerprint density at radius 3 is 2.50 bits per heavy atom. The van der Waals surface area contributed by atoms with Crippen LogP contribution in [-0.4, -0.2) is 24.5 Å². The van der Waals surface area contributed by atoms with Gasteiger partial charge in [0.15, 0.2) is 0 Å². The van der Waals surface area contributed by atoms with Crippen molar-refractivity contribution in [2.75, 3.05) is 7.11 Å². The van der Waals surface area contributed by atoms with E-state index in [1.807, 2.05) is 0 Å². The van der Waals surface area contributed by atoms with Gasteiger partial charge < -0.3 is 14.5 Å². The summed E-state index contributed by atoms with van der Waals surface area (Å²) in [5.74, 6) is -0.346. The molecule has 0 radical (unpaired) electrons. The van der Waals surface area contributed by atoms with Crippen LogP contribution in [0, 0.1) is 6.92 Å². The van der Waals surface area contributed by atoms with Gasteiger partial charge in [0.25, 0.3) is 5.91 Å². The molecule has 88 valence electrons. The summed E-state index contributed by atoms with van der Waals surface area (Å²) in [6.45, 7) is 4.83. The van der Waals surface area contributed by atoms with Crippen LogP contribution in [0.2, 0.25) is 0 Å². The number of esters is 1. The molecule has 5 nitrogen and oxygen atoms in total. The first-order chi connectivity index (χ1) is 7.38. The van der Waals surface area contributed by atoms with Crippen molar-refractivity contribution in [1.82, 2.24) is 5.32 Å². The van der Waals surface area contributed by atoms with Gasteiger partial charge in [-0.1, -0.05) is 0 Å². The van der Waals surface area contributed by atoms with Gasteiger partial charge >= 0.3 is 5.97 Å². The molecular weight excluding hydrogens is 210 g/mol. The van der Waals surface area contributed by atoms with E-state index in [-0.39, 0.29) is 5.91 Å². The monoisotopic (exact) mass is 225 g/mol. The van der Waals surface area contributed by atoms with Gasteiger partial charge in [-0.2, -0.15) is 0 Å². The molecule has 1 amide bonds. The zero-order valence-corrected chi connectivity index (χ0v) is 9.79. The molecule has 0 aliphatic heterocycles. The molecule has 0 aromatic carbocycles. The molecule has 1 aromatic heterocycles. The number of amides is 1. The van der Waals surface area contributed by atoms with Crippen molar-refractivity contribution in [3.63, 3.8) is 0 Å². The van der Waals surface area contributed by atoms with Gasteiger partial charge in [0, 0.05) is 0 Å². The second-order valence-corrected chi connectivity index (χ2v) is 3.96. The van der Waals surface area contributed by atoms with E-state index in [4.69, 9.17) is 4.42 Å². The maximum absolute atomic E-state index is 11.8. The van der Waals surface area contributed by atoms with E-state index in [2.05, 4.69) is 10.1 Å². The summed E-state index contributed by atoms with van der Waals surface area (Å²) >= 11 is 0. The molecule has 16 heavy (non-hydrogen) atoms. The molecule has 0 unspecified atom stereocenters. The van der Waals surface area contributed by atoms with E-state index in [9.17, 15) is 9.59 Å². The van der Waals surface area contributed by atoms with E-state index in [1.165, 1.54) is 13.4 Å². The van der Waals surface area contributed by atoms with Crippen molar-refractivity contribution in [1.29, 1.82) is 0 Å². The maximum Gasteiger partial charge on any atom is 0.330 e. The standard InChI is InChI=1S/C11H15NO4/c1-7-8(5-6-16-7)9(13)12-11(2,3)10(14)15-4/h5-6H,1-4H3,(H,12,13). The molecule has 1 aromatic rings. The number of nitrogens with one attached hydrogen (secondary N) is 1. The minimum absolute atomic E-state index is 0.360. The number of carbonyl (C=O) groups is 2. The number of furan rings is 1. The minimum atomic E-state index is -1.06. The lowest BCUT2D eigenvalue weighted by atomic mass is 10.1. The molecule has 5 heteroatoms. The molecule has 0 aliphatic carbocycles. The fraction of sp³-hybridized carbons (Fsp3) is 0.455. The average Bonchev–Trinajstić information content (AvgIpc) is 2.62. The van der Waals surface area contributed by atoms with Gasteiger partial charge in [0.05, 0.1) is 18.9 Å². The van der Waals surface area contributed by atoms with Crippen LogP contribution in [0.15, 0.2) is 16.7 Å². The Morgan fingerprint density at radius 2 is 2.06 bits per heavy atom. The van der Waals surface area contributed by atoms with Crippen LogP contribution < -0.4 is 5.32 Å². The van der Waals surface area contributed by atoms with Gasteiger partial charge in [0.1, 0.15) is 11.3 Å². The van der Waals surface area contributed by atoms with Gasteiger partial charge in [0.2, 0.25) is 0 Å². The highest BCUT2D eigenvalue weighted by Gasteiger charge is 2.31. The summed E-state index contributed by atoms with van der Waals surface area (Å²) in [6, 6.07) is 1.55. The van der Waals surface area contributed by atoms with E-state index in [0.717, 1.165) is 0 Å². The summed E-state index contributed by atoms with van der Waals surface area (Å²) in [5.41, 5.74) is -0.646. The lowest BCUT2D eigenvalue weighted by molar-refractivity contribution is -0.146. The first-order valence-electron chi connectivity index (χ1n) is 4.83. The van der Waals surface area contributed by atoms with E-state index in [0.29, 0.717) is 11.3 Å². The molecule has 1 heterocycles. The minimum Gasteiger partial charge on any atom is -0.469 e. The van der Waals surface area contributed by atoms with Crippen LogP contribution in [0.3, 0.4) is 0 Å². The molecule has 0 bridgehead atoms. The van der Waals surface area contributed by atoms with E-state index >= 15 is 0 Å². The highest BCUT2D eigenvalue weighted by molar-refractivity contribution is 5.98. The van der Waals surface area contributed by atoms with Crippen LogP contribution in [-0.2, 0) is 9.53 Å². The van der Waals surface area contributed by atoms with Gasteiger partial charge in [-0.25, -0.2) is 4.79 Å². The Kier molecular flexibility index (Phi) is 3.37. The molecule has 0 aliphatic rings. The fourth-order valence-corrected chi connectivity index (χ4v) is 1.28. The second kappa shape index (κ2) is 4.38. The van der Waals surface area contributed by atoms with E-state index < -0.39 is 11.5 Å². The number of hydrogen-bond donors (Lipinski definition) is 1. The maximum atomic E-state index is 11.8. The van der Waals surface area contributed by atoms with Gasteiger partial charge in [-0.15, -0.1) is 0 Å². The van der Waals surface area contributed by atoms with Crippen LogP contribution >= 0.6 is 0 Å². The summed E-state index contributed by atoms with van der Waals surface area (Å²) in [5, 5.41) is 2.58. The van der Waals surface area contributed by atoms with Crippen LogP contribution in [0.4, 0.5) is 0 Å². The Morgan fingerprint density at radius 1 is 1.44 bits per heavy atom. The lowest BCUT2D eigenvalue weighted by Crippen LogP contribution is -2.50. The molecule has 0 spiro atoms. The Hall–Kier alpha value is -1.78. The van der Waals surface area contributed by atoms with Crippen molar-refractivity contribution in [3.05, 3.63) is 23.7 Å². The first-order valence-corrected chi connectivity index (χ1v) is 4.83. The molecular formula is C11H15NO4. The molecule has 1 rings (SSSR count). The molecule has 0 saturated carbocycles. The highest BCUT2D eigenvalue weighted by Crippen LogP contribution is 2.11. The third-order valence-electron chi connectivity index (χ3n) is 2.23. The Balaban J connectivity index is 2.79. The zero-order chi connectivity index (χ0) is 12.3.